The SMILES string of the molecule is Cc1cccc(NC(=S)N/N=C/c2cccc(C(F)(F)F)c2)c1C. The Kier molecular flexibility index (Phi) is 5.56. The number of alkyl halides is 3. The Balaban J connectivity index is 1.99. The molecule has 3 nitrogen and oxygen atoms in total. The van der Waals surface area contributed by atoms with Crippen LogP contribution in [-0.2, 0) is 6.18 Å². The van der Waals surface area contributed by atoms with Gasteiger partial charge in [0.2, 0.25) is 0 Å². The van der Waals surface area contributed by atoms with Crippen LogP contribution in [0.4, 0.5) is 18.9 Å². The Bertz CT molecular complexity index is 770. The number of hydrogen-bond donors (Lipinski definition) is 2. The number of hydrazone groups is 1. The number of nitrogens with zero attached hydrogens (tertiary/aromatic N) is 1. The van der Waals surface area contributed by atoms with Crippen LogP contribution in [0.5, 0.6) is 0 Å². The Morgan fingerprint density at radius 3 is 2.54 bits per heavy atom. The van der Waals surface area contributed by atoms with Crippen LogP contribution in [0.25, 0.3) is 0 Å². The molecule has 0 unspecified atom stereocenters. The summed E-state index contributed by atoms with van der Waals surface area (Å²) in [6.07, 6.45) is -3.09. The van der Waals surface area contributed by atoms with Crippen LogP contribution < -0.4 is 10.7 Å². The van der Waals surface area contributed by atoms with Gasteiger partial charge in [-0.1, -0.05) is 24.3 Å². The molecule has 0 bridgehead atoms. The molecule has 0 radical (unpaired) electrons. The van der Waals surface area contributed by atoms with Gasteiger partial charge >= 0.3 is 6.18 Å². The van der Waals surface area contributed by atoms with E-state index in [2.05, 4.69) is 15.8 Å². The molecule has 7 heteroatoms. The summed E-state index contributed by atoms with van der Waals surface area (Å²) in [5.74, 6) is 0. The Morgan fingerprint density at radius 2 is 1.83 bits per heavy atom. The van der Waals surface area contributed by atoms with Crippen molar-refractivity contribution in [1.29, 1.82) is 0 Å². The highest BCUT2D eigenvalue weighted by molar-refractivity contribution is 7.80. The Hall–Kier alpha value is -2.41. The first-order chi connectivity index (χ1) is 11.3. The summed E-state index contributed by atoms with van der Waals surface area (Å²) in [7, 11) is 0. The second-order valence-electron chi connectivity index (χ2n) is 5.19. The fourth-order valence-electron chi connectivity index (χ4n) is 2.00. The topological polar surface area (TPSA) is 36.4 Å². The van der Waals surface area contributed by atoms with Gasteiger partial charge in [0.1, 0.15) is 0 Å². The highest BCUT2D eigenvalue weighted by atomic mass is 32.1. The van der Waals surface area contributed by atoms with E-state index in [1.807, 2.05) is 32.0 Å². The first-order valence-electron chi connectivity index (χ1n) is 7.11. The molecule has 0 heterocycles. The van der Waals surface area contributed by atoms with Crippen LogP contribution in [0.1, 0.15) is 22.3 Å². The monoisotopic (exact) mass is 351 g/mol. The summed E-state index contributed by atoms with van der Waals surface area (Å²) in [6.45, 7) is 3.95. The first kappa shape index (κ1) is 17.9. The minimum absolute atomic E-state index is 0.256. The molecule has 0 fully saturated rings. The van der Waals surface area contributed by atoms with Crippen LogP contribution in [0, 0.1) is 13.8 Å². The molecule has 2 N–H and O–H groups in total. The van der Waals surface area contributed by atoms with E-state index in [1.54, 1.807) is 0 Å². The van der Waals surface area contributed by atoms with Crippen LogP contribution in [-0.4, -0.2) is 11.3 Å². The van der Waals surface area contributed by atoms with E-state index in [-0.39, 0.29) is 5.11 Å². The molecule has 0 spiro atoms. The van der Waals surface area contributed by atoms with Crippen molar-refractivity contribution in [3.05, 3.63) is 64.7 Å². The van der Waals surface area contributed by atoms with Gasteiger partial charge in [-0.2, -0.15) is 18.3 Å². The lowest BCUT2D eigenvalue weighted by molar-refractivity contribution is -0.137. The lowest BCUT2D eigenvalue weighted by Crippen LogP contribution is -2.24. The first-order valence-corrected chi connectivity index (χ1v) is 7.52. The van der Waals surface area contributed by atoms with Crippen molar-refractivity contribution < 1.29 is 13.2 Å². The minimum Gasteiger partial charge on any atom is -0.331 e. The smallest absolute Gasteiger partial charge is 0.331 e. The lowest BCUT2D eigenvalue weighted by atomic mass is 10.1. The molecule has 0 aliphatic carbocycles. The lowest BCUT2D eigenvalue weighted by Gasteiger charge is -2.11. The van der Waals surface area contributed by atoms with E-state index in [9.17, 15) is 13.2 Å². The number of nitrogens with one attached hydrogen (secondary N) is 2. The minimum atomic E-state index is -4.38. The third kappa shape index (κ3) is 4.79. The Morgan fingerprint density at radius 1 is 1.12 bits per heavy atom. The second-order valence-corrected chi connectivity index (χ2v) is 5.60. The van der Waals surface area contributed by atoms with E-state index < -0.39 is 11.7 Å². The molecule has 2 aromatic carbocycles. The highest BCUT2D eigenvalue weighted by Crippen LogP contribution is 2.29. The predicted octanol–water partition coefficient (Wildman–Crippen LogP) is 4.64. The van der Waals surface area contributed by atoms with Gasteiger partial charge in [0.05, 0.1) is 11.8 Å². The van der Waals surface area contributed by atoms with E-state index in [1.165, 1.54) is 18.3 Å². The van der Waals surface area contributed by atoms with Crippen molar-refractivity contribution in [2.45, 2.75) is 20.0 Å². The normalized spacial score (nSPS) is 11.5. The van der Waals surface area contributed by atoms with Gasteiger partial charge < -0.3 is 5.32 Å². The van der Waals surface area contributed by atoms with E-state index in [0.29, 0.717) is 5.56 Å². The van der Waals surface area contributed by atoms with Crippen molar-refractivity contribution in [3.8, 4) is 0 Å². The standard InChI is InChI=1S/C17H16F3N3S/c1-11-5-3-8-15(12(11)2)22-16(24)23-21-10-13-6-4-7-14(9-13)17(18,19)20/h3-10H,1-2H3,(H2,22,23,24)/b21-10+. The summed E-state index contributed by atoms with van der Waals surface area (Å²) in [5, 5.41) is 7.12. The van der Waals surface area contributed by atoms with E-state index >= 15 is 0 Å². The van der Waals surface area contributed by atoms with Crippen LogP contribution >= 0.6 is 12.2 Å². The molecule has 2 aromatic rings. The quantitative estimate of drug-likeness (QED) is 0.480. The van der Waals surface area contributed by atoms with Gasteiger partial charge in [0.15, 0.2) is 5.11 Å². The van der Waals surface area contributed by atoms with Gasteiger partial charge in [-0.25, -0.2) is 0 Å². The maximum atomic E-state index is 12.6. The number of thiocarbonyl (C=S) groups is 1. The summed E-state index contributed by atoms with van der Waals surface area (Å²) in [4.78, 5) is 0. The van der Waals surface area contributed by atoms with Crippen molar-refractivity contribution in [2.75, 3.05) is 5.32 Å². The van der Waals surface area contributed by atoms with Gasteiger partial charge in [-0.3, -0.25) is 5.43 Å². The highest BCUT2D eigenvalue weighted by Gasteiger charge is 2.30. The van der Waals surface area contributed by atoms with Crippen molar-refractivity contribution >= 4 is 29.2 Å². The number of hydrogen-bond acceptors (Lipinski definition) is 2. The third-order valence-corrected chi connectivity index (χ3v) is 3.64. The number of aryl methyl sites for hydroxylation is 1. The summed E-state index contributed by atoms with van der Waals surface area (Å²) in [6, 6.07) is 10.7. The van der Waals surface area contributed by atoms with Crippen molar-refractivity contribution in [2.24, 2.45) is 5.10 Å². The fourth-order valence-corrected chi connectivity index (χ4v) is 2.16. The zero-order chi connectivity index (χ0) is 17.7. The van der Waals surface area contributed by atoms with Crippen LogP contribution in [0.15, 0.2) is 47.6 Å². The Labute approximate surface area is 143 Å². The molecule has 0 aliphatic heterocycles. The molecule has 2 rings (SSSR count). The fraction of sp³-hybridized carbons (Fsp3) is 0.176. The number of anilines is 1. The third-order valence-electron chi connectivity index (χ3n) is 3.45. The molecule has 0 atom stereocenters. The second kappa shape index (κ2) is 7.44. The molecule has 0 aliphatic rings. The van der Waals surface area contributed by atoms with Gasteiger partial charge in [-0.15, -0.1) is 0 Å². The zero-order valence-corrected chi connectivity index (χ0v) is 13.9. The molecular weight excluding hydrogens is 335 g/mol. The van der Waals surface area contributed by atoms with Gasteiger partial charge in [0, 0.05) is 5.69 Å². The molecule has 126 valence electrons. The van der Waals surface area contributed by atoms with Crippen molar-refractivity contribution in [3.63, 3.8) is 0 Å². The average molecular weight is 351 g/mol. The predicted molar refractivity (Wildman–Crippen MR) is 94.3 cm³/mol. The van der Waals surface area contributed by atoms with Gasteiger partial charge in [0.25, 0.3) is 0 Å². The molecule has 0 saturated heterocycles. The molecule has 0 saturated carbocycles. The van der Waals surface area contributed by atoms with Crippen LogP contribution in [0.2, 0.25) is 0 Å². The number of halogens is 3. The largest absolute Gasteiger partial charge is 0.416 e. The summed E-state index contributed by atoms with van der Waals surface area (Å²) < 4.78 is 37.9. The van der Waals surface area contributed by atoms with Crippen molar-refractivity contribution in [1.82, 2.24) is 5.43 Å². The van der Waals surface area contributed by atoms with E-state index in [4.69, 9.17) is 12.2 Å². The van der Waals surface area contributed by atoms with Crippen LogP contribution in [0.3, 0.4) is 0 Å². The average Bonchev–Trinajstić information content (AvgIpc) is 2.51. The van der Waals surface area contributed by atoms with Gasteiger partial charge in [-0.05, 0) is 61.0 Å². The maximum absolute atomic E-state index is 12.6. The summed E-state index contributed by atoms with van der Waals surface area (Å²) >= 11 is 5.12. The maximum Gasteiger partial charge on any atom is 0.416 e. The summed E-state index contributed by atoms with van der Waals surface area (Å²) in [5.41, 5.74) is 5.23. The number of rotatable bonds is 3. The number of benzene rings is 2. The molecule has 24 heavy (non-hydrogen) atoms. The molecule has 0 aromatic heterocycles. The molecular formula is C17H16F3N3S. The van der Waals surface area contributed by atoms with E-state index in [0.717, 1.165) is 28.9 Å². The molecule has 0 amide bonds. The zero-order valence-electron chi connectivity index (χ0n) is 13.1.